The number of aromatic amines is 1. The summed E-state index contributed by atoms with van der Waals surface area (Å²) in [7, 11) is 1.78. The van der Waals surface area contributed by atoms with Crippen LogP contribution in [-0.2, 0) is 0 Å². The molecule has 18 heavy (non-hydrogen) atoms. The van der Waals surface area contributed by atoms with E-state index < -0.39 is 0 Å². The molecule has 0 fully saturated rings. The third-order valence-corrected chi connectivity index (χ3v) is 3.01. The number of hydrogen-bond donors (Lipinski definition) is 1. The molecule has 1 amide bonds. The molecule has 0 aliphatic rings. The van der Waals surface area contributed by atoms with Gasteiger partial charge in [0.05, 0.1) is 0 Å². The number of unbranched alkanes of at least 4 members (excludes halogenated alkanes) is 1. The van der Waals surface area contributed by atoms with Crippen molar-refractivity contribution in [1.29, 1.82) is 0 Å². The van der Waals surface area contributed by atoms with Gasteiger partial charge in [0.25, 0.3) is 5.91 Å². The number of aromatic nitrogens is 1. The zero-order chi connectivity index (χ0) is 13.1. The minimum atomic E-state index is -0.303. The van der Waals surface area contributed by atoms with Crippen molar-refractivity contribution in [3.8, 4) is 0 Å². The van der Waals surface area contributed by atoms with E-state index in [1.807, 2.05) is 0 Å². The molecule has 1 aromatic heterocycles. The van der Waals surface area contributed by atoms with Gasteiger partial charge >= 0.3 is 0 Å². The van der Waals surface area contributed by atoms with E-state index in [9.17, 15) is 9.18 Å². The van der Waals surface area contributed by atoms with Crippen molar-refractivity contribution >= 4 is 16.8 Å². The van der Waals surface area contributed by atoms with Crippen molar-refractivity contribution < 1.29 is 9.18 Å². The second kappa shape index (κ2) is 5.21. The first kappa shape index (κ1) is 12.6. The number of fused-ring (bicyclic) bond motifs is 1. The van der Waals surface area contributed by atoms with E-state index in [0.29, 0.717) is 11.2 Å². The maximum Gasteiger partial charge on any atom is 0.270 e. The second-order valence-corrected chi connectivity index (χ2v) is 4.49. The molecule has 0 unspecified atom stereocenters. The third kappa shape index (κ3) is 2.53. The smallest absolute Gasteiger partial charge is 0.270 e. The molecule has 96 valence electrons. The highest BCUT2D eigenvalue weighted by atomic mass is 19.1. The Balaban J connectivity index is 2.22. The van der Waals surface area contributed by atoms with Crippen LogP contribution in [0.4, 0.5) is 4.39 Å². The fourth-order valence-electron chi connectivity index (χ4n) is 1.92. The Morgan fingerprint density at radius 2 is 2.17 bits per heavy atom. The lowest BCUT2D eigenvalue weighted by atomic mass is 10.2. The molecule has 0 saturated carbocycles. The fourth-order valence-corrected chi connectivity index (χ4v) is 1.92. The third-order valence-electron chi connectivity index (χ3n) is 3.01. The summed E-state index contributed by atoms with van der Waals surface area (Å²) in [6.07, 6.45) is 2.03. The minimum absolute atomic E-state index is 0.0555. The van der Waals surface area contributed by atoms with E-state index in [-0.39, 0.29) is 11.7 Å². The Labute approximate surface area is 106 Å². The first-order chi connectivity index (χ1) is 8.61. The Kier molecular flexibility index (Phi) is 3.65. The van der Waals surface area contributed by atoms with Crippen molar-refractivity contribution in [2.75, 3.05) is 13.6 Å². The number of H-pyrrole nitrogens is 1. The van der Waals surface area contributed by atoms with Crippen LogP contribution >= 0.6 is 0 Å². The largest absolute Gasteiger partial charge is 0.350 e. The molecule has 0 spiro atoms. The lowest BCUT2D eigenvalue weighted by Crippen LogP contribution is -2.27. The average molecular weight is 248 g/mol. The van der Waals surface area contributed by atoms with Crippen molar-refractivity contribution in [3.05, 3.63) is 35.8 Å². The van der Waals surface area contributed by atoms with Crippen LogP contribution in [0.2, 0.25) is 0 Å². The van der Waals surface area contributed by atoms with E-state index in [2.05, 4.69) is 11.9 Å². The van der Waals surface area contributed by atoms with Crippen molar-refractivity contribution in [3.63, 3.8) is 0 Å². The van der Waals surface area contributed by atoms with Crippen molar-refractivity contribution in [2.24, 2.45) is 0 Å². The van der Waals surface area contributed by atoms with Crippen LogP contribution in [0.25, 0.3) is 10.9 Å². The Morgan fingerprint density at radius 3 is 2.89 bits per heavy atom. The van der Waals surface area contributed by atoms with Gasteiger partial charge in [-0.15, -0.1) is 0 Å². The first-order valence-corrected chi connectivity index (χ1v) is 6.15. The van der Waals surface area contributed by atoms with Gasteiger partial charge in [0.1, 0.15) is 11.5 Å². The Morgan fingerprint density at radius 1 is 1.39 bits per heavy atom. The summed E-state index contributed by atoms with van der Waals surface area (Å²) < 4.78 is 13.1. The molecule has 1 aromatic carbocycles. The average Bonchev–Trinajstić information content (AvgIpc) is 2.77. The SMILES string of the molecule is CCCCN(C)C(=O)c1cc2ccc(F)cc2[nH]1. The molecule has 1 N–H and O–H groups in total. The van der Waals surface area contributed by atoms with E-state index in [0.717, 1.165) is 24.8 Å². The summed E-state index contributed by atoms with van der Waals surface area (Å²) in [5.74, 6) is -0.359. The lowest BCUT2D eigenvalue weighted by molar-refractivity contribution is 0.0788. The predicted octanol–water partition coefficient (Wildman–Crippen LogP) is 3.18. The summed E-state index contributed by atoms with van der Waals surface area (Å²) in [6, 6.07) is 6.23. The Hall–Kier alpha value is -1.84. The molecule has 4 heteroatoms. The van der Waals surface area contributed by atoms with Gasteiger partial charge in [-0.3, -0.25) is 4.79 Å². The highest BCUT2D eigenvalue weighted by Gasteiger charge is 2.13. The van der Waals surface area contributed by atoms with Crippen LogP contribution in [0.15, 0.2) is 24.3 Å². The van der Waals surface area contributed by atoms with E-state index in [4.69, 9.17) is 0 Å². The van der Waals surface area contributed by atoms with Gasteiger partial charge in [0.15, 0.2) is 0 Å². The molecule has 0 radical (unpaired) electrons. The quantitative estimate of drug-likeness (QED) is 0.886. The maximum atomic E-state index is 13.1. The van der Waals surface area contributed by atoms with Crippen LogP contribution in [0.3, 0.4) is 0 Å². The summed E-state index contributed by atoms with van der Waals surface area (Å²) in [5, 5.41) is 0.851. The van der Waals surface area contributed by atoms with E-state index in [1.165, 1.54) is 12.1 Å². The van der Waals surface area contributed by atoms with Gasteiger partial charge in [-0.2, -0.15) is 0 Å². The van der Waals surface area contributed by atoms with Gasteiger partial charge in [-0.1, -0.05) is 13.3 Å². The maximum absolute atomic E-state index is 13.1. The normalized spacial score (nSPS) is 10.8. The molecule has 0 atom stereocenters. The van der Waals surface area contributed by atoms with Crippen LogP contribution < -0.4 is 0 Å². The fraction of sp³-hybridized carbons (Fsp3) is 0.357. The molecule has 0 saturated heterocycles. The molecule has 0 aliphatic heterocycles. The molecule has 2 aromatic rings. The molecule has 1 heterocycles. The van der Waals surface area contributed by atoms with Crippen molar-refractivity contribution in [2.45, 2.75) is 19.8 Å². The summed E-state index contributed by atoms with van der Waals surface area (Å²) in [4.78, 5) is 16.8. The van der Waals surface area contributed by atoms with E-state index in [1.54, 1.807) is 24.1 Å². The number of benzene rings is 1. The number of carbonyl (C=O) groups is 1. The van der Waals surface area contributed by atoms with Crippen LogP contribution in [0, 0.1) is 5.82 Å². The van der Waals surface area contributed by atoms with Gasteiger partial charge in [-0.05, 0) is 30.7 Å². The molecule has 2 rings (SSSR count). The molecular formula is C14H17FN2O. The molecular weight excluding hydrogens is 231 g/mol. The second-order valence-electron chi connectivity index (χ2n) is 4.49. The Bertz CT molecular complexity index is 562. The van der Waals surface area contributed by atoms with Gasteiger partial charge < -0.3 is 9.88 Å². The van der Waals surface area contributed by atoms with Gasteiger partial charge in [-0.25, -0.2) is 4.39 Å². The lowest BCUT2D eigenvalue weighted by Gasteiger charge is -2.15. The van der Waals surface area contributed by atoms with Crippen LogP contribution in [0.5, 0.6) is 0 Å². The minimum Gasteiger partial charge on any atom is -0.350 e. The van der Waals surface area contributed by atoms with Crippen LogP contribution in [-0.4, -0.2) is 29.4 Å². The van der Waals surface area contributed by atoms with Gasteiger partial charge in [0, 0.05) is 24.5 Å². The zero-order valence-electron chi connectivity index (χ0n) is 10.7. The first-order valence-electron chi connectivity index (χ1n) is 6.15. The topological polar surface area (TPSA) is 36.1 Å². The number of nitrogens with one attached hydrogen (secondary N) is 1. The molecule has 0 aliphatic carbocycles. The van der Waals surface area contributed by atoms with Crippen molar-refractivity contribution in [1.82, 2.24) is 9.88 Å². The highest BCUT2D eigenvalue weighted by molar-refractivity contribution is 5.97. The predicted molar refractivity (Wildman–Crippen MR) is 70.1 cm³/mol. The molecule has 3 nitrogen and oxygen atoms in total. The summed E-state index contributed by atoms with van der Waals surface area (Å²) in [5.41, 5.74) is 1.16. The number of amides is 1. The number of nitrogens with zero attached hydrogens (tertiary/aromatic N) is 1. The summed E-state index contributed by atoms with van der Waals surface area (Å²) in [6.45, 7) is 2.82. The number of hydrogen-bond acceptors (Lipinski definition) is 1. The van der Waals surface area contributed by atoms with Gasteiger partial charge in [0.2, 0.25) is 0 Å². The number of rotatable bonds is 4. The monoisotopic (exact) mass is 248 g/mol. The summed E-state index contributed by atoms with van der Waals surface area (Å²) >= 11 is 0. The van der Waals surface area contributed by atoms with Crippen LogP contribution in [0.1, 0.15) is 30.3 Å². The number of carbonyl (C=O) groups excluding carboxylic acids is 1. The zero-order valence-corrected chi connectivity index (χ0v) is 10.7. The highest BCUT2D eigenvalue weighted by Crippen LogP contribution is 2.17. The standard InChI is InChI=1S/C14H17FN2O/c1-3-4-7-17(2)14(18)13-8-10-5-6-11(15)9-12(10)16-13/h5-6,8-9,16H,3-4,7H2,1-2H3. The number of halogens is 1. The molecule has 0 bridgehead atoms. The van der Waals surface area contributed by atoms with E-state index >= 15 is 0 Å².